The number of anilines is 1. The summed E-state index contributed by atoms with van der Waals surface area (Å²) < 4.78 is 2.21. The summed E-state index contributed by atoms with van der Waals surface area (Å²) in [5.41, 5.74) is 3.53. The number of aromatic nitrogens is 1. The van der Waals surface area contributed by atoms with Crippen LogP contribution in [0.2, 0.25) is 0 Å². The fraction of sp³-hybridized carbons (Fsp3) is 0.258. The SMILES string of the molecule is CCCCn1ccc2ccc(C(=O)N[C@H]([CH]C(C)C(=O)Nc3ccccc3)Cc3ccccc3)cc21. The van der Waals surface area contributed by atoms with Gasteiger partial charge in [0.2, 0.25) is 5.91 Å². The number of aryl methyl sites for hydroxylation is 1. The summed E-state index contributed by atoms with van der Waals surface area (Å²) in [5, 5.41) is 7.24. The molecule has 4 rings (SSSR count). The Labute approximate surface area is 213 Å². The second-order valence-electron chi connectivity index (χ2n) is 9.24. The molecule has 1 radical (unpaired) electrons. The Hall–Kier alpha value is -3.86. The van der Waals surface area contributed by atoms with Gasteiger partial charge in [-0.1, -0.05) is 74.9 Å². The highest BCUT2D eigenvalue weighted by atomic mass is 16.2. The molecule has 185 valence electrons. The van der Waals surface area contributed by atoms with Crippen LogP contribution < -0.4 is 10.6 Å². The standard InChI is InChI=1S/C31H34N3O2/c1-3-4-18-34-19-17-25-15-16-26(22-29(25)34)31(36)33-28(21-24-11-7-5-8-12-24)20-23(2)30(35)32-27-13-9-6-10-14-27/h5-17,19-20,22-23,28H,3-4,18,21H2,1-2H3,(H,32,35)(H,33,36)/t23?,28-/m1/s1. The summed E-state index contributed by atoms with van der Waals surface area (Å²) in [5.74, 6) is -0.648. The van der Waals surface area contributed by atoms with Gasteiger partial charge in [-0.3, -0.25) is 9.59 Å². The first kappa shape index (κ1) is 25.2. The molecule has 0 aliphatic heterocycles. The van der Waals surface area contributed by atoms with Crippen molar-refractivity contribution in [3.8, 4) is 0 Å². The van der Waals surface area contributed by atoms with Crippen molar-refractivity contribution in [2.24, 2.45) is 5.92 Å². The Bertz CT molecular complexity index is 1280. The summed E-state index contributed by atoms with van der Waals surface area (Å²) in [6.45, 7) is 4.97. The average molecular weight is 481 g/mol. The fourth-order valence-electron chi connectivity index (χ4n) is 4.35. The van der Waals surface area contributed by atoms with Crippen LogP contribution in [0.5, 0.6) is 0 Å². The maximum Gasteiger partial charge on any atom is 0.251 e. The van der Waals surface area contributed by atoms with E-state index in [-0.39, 0.29) is 17.9 Å². The normalized spacial score (nSPS) is 12.7. The van der Waals surface area contributed by atoms with Crippen molar-refractivity contribution in [2.75, 3.05) is 5.32 Å². The van der Waals surface area contributed by atoms with Crippen LogP contribution in [0.25, 0.3) is 10.9 Å². The number of hydrogen-bond acceptors (Lipinski definition) is 2. The molecule has 0 spiro atoms. The minimum Gasteiger partial charge on any atom is -0.349 e. The van der Waals surface area contributed by atoms with E-state index in [0.29, 0.717) is 12.0 Å². The Kier molecular flexibility index (Phi) is 8.56. The maximum atomic E-state index is 13.3. The van der Waals surface area contributed by atoms with Gasteiger partial charge in [-0.2, -0.15) is 0 Å². The fourth-order valence-corrected chi connectivity index (χ4v) is 4.35. The summed E-state index contributed by atoms with van der Waals surface area (Å²) in [7, 11) is 0. The van der Waals surface area contributed by atoms with E-state index in [0.717, 1.165) is 41.5 Å². The number of unbranched alkanes of at least 4 members (excludes halogenated alkanes) is 1. The van der Waals surface area contributed by atoms with Crippen LogP contribution in [0.15, 0.2) is 91.1 Å². The van der Waals surface area contributed by atoms with Crippen LogP contribution in [0.4, 0.5) is 5.69 Å². The monoisotopic (exact) mass is 480 g/mol. The quantitative estimate of drug-likeness (QED) is 0.266. The lowest BCUT2D eigenvalue weighted by molar-refractivity contribution is -0.118. The highest BCUT2D eigenvalue weighted by Crippen LogP contribution is 2.20. The molecule has 2 N–H and O–H groups in total. The minimum atomic E-state index is -0.395. The van der Waals surface area contributed by atoms with Crippen LogP contribution in [-0.2, 0) is 17.8 Å². The molecule has 0 saturated heterocycles. The second-order valence-corrected chi connectivity index (χ2v) is 9.24. The number of carbonyl (C=O) groups excluding carboxylic acids is 2. The highest BCUT2D eigenvalue weighted by Gasteiger charge is 2.22. The third-order valence-corrected chi connectivity index (χ3v) is 6.38. The van der Waals surface area contributed by atoms with Crippen molar-refractivity contribution in [3.05, 3.63) is 109 Å². The number of benzene rings is 3. The number of rotatable bonds is 11. The minimum absolute atomic E-state index is 0.108. The molecule has 1 heterocycles. The number of para-hydroxylation sites is 1. The van der Waals surface area contributed by atoms with Crippen molar-refractivity contribution < 1.29 is 9.59 Å². The van der Waals surface area contributed by atoms with Gasteiger partial charge in [0, 0.05) is 41.5 Å². The molecule has 5 nitrogen and oxygen atoms in total. The Morgan fingerprint density at radius 3 is 2.39 bits per heavy atom. The van der Waals surface area contributed by atoms with Crippen LogP contribution in [0, 0.1) is 12.3 Å². The van der Waals surface area contributed by atoms with Crippen LogP contribution in [0.1, 0.15) is 42.6 Å². The second kappa shape index (κ2) is 12.2. The number of nitrogens with one attached hydrogen (secondary N) is 2. The molecule has 0 aliphatic carbocycles. The maximum absolute atomic E-state index is 13.3. The summed E-state index contributed by atoms with van der Waals surface area (Å²) in [6.07, 6.45) is 6.82. The van der Waals surface area contributed by atoms with E-state index in [1.165, 1.54) is 0 Å². The van der Waals surface area contributed by atoms with Crippen LogP contribution in [-0.4, -0.2) is 22.4 Å². The lowest BCUT2D eigenvalue weighted by Gasteiger charge is -2.22. The average Bonchev–Trinajstić information content (AvgIpc) is 3.30. The van der Waals surface area contributed by atoms with Crippen molar-refractivity contribution >= 4 is 28.4 Å². The van der Waals surface area contributed by atoms with Crippen molar-refractivity contribution in [3.63, 3.8) is 0 Å². The van der Waals surface area contributed by atoms with E-state index in [4.69, 9.17) is 0 Å². The molecule has 0 bridgehead atoms. The number of nitrogens with zero attached hydrogens (tertiary/aromatic N) is 1. The van der Waals surface area contributed by atoms with Crippen molar-refractivity contribution in [1.82, 2.24) is 9.88 Å². The molecular formula is C31H34N3O2. The zero-order valence-electron chi connectivity index (χ0n) is 21.0. The lowest BCUT2D eigenvalue weighted by atomic mass is 9.95. The first-order valence-corrected chi connectivity index (χ1v) is 12.7. The van der Waals surface area contributed by atoms with E-state index < -0.39 is 5.92 Å². The molecule has 0 aliphatic rings. The molecule has 5 heteroatoms. The van der Waals surface area contributed by atoms with Gasteiger partial charge in [0.25, 0.3) is 5.91 Å². The van der Waals surface area contributed by atoms with Crippen molar-refractivity contribution in [2.45, 2.75) is 45.7 Å². The topological polar surface area (TPSA) is 63.1 Å². The summed E-state index contributed by atoms with van der Waals surface area (Å²) in [6, 6.07) is 27.0. The van der Waals surface area contributed by atoms with Gasteiger partial charge in [-0.15, -0.1) is 0 Å². The molecule has 36 heavy (non-hydrogen) atoms. The van der Waals surface area contributed by atoms with Gasteiger partial charge in [0.1, 0.15) is 0 Å². The molecule has 3 aromatic carbocycles. The first-order valence-electron chi connectivity index (χ1n) is 12.7. The van der Waals surface area contributed by atoms with Gasteiger partial charge in [0.05, 0.1) is 0 Å². The summed E-state index contributed by atoms with van der Waals surface area (Å²) in [4.78, 5) is 26.2. The third-order valence-electron chi connectivity index (χ3n) is 6.38. The van der Waals surface area contributed by atoms with E-state index in [9.17, 15) is 9.59 Å². The van der Waals surface area contributed by atoms with Crippen LogP contribution >= 0.6 is 0 Å². The first-order chi connectivity index (χ1) is 17.5. The molecule has 4 aromatic rings. The number of hydrogen-bond donors (Lipinski definition) is 2. The van der Waals surface area contributed by atoms with E-state index >= 15 is 0 Å². The van der Waals surface area contributed by atoms with Gasteiger partial charge in [-0.25, -0.2) is 0 Å². The molecule has 1 unspecified atom stereocenters. The smallest absolute Gasteiger partial charge is 0.251 e. The summed E-state index contributed by atoms with van der Waals surface area (Å²) >= 11 is 0. The van der Waals surface area contributed by atoms with E-state index in [1.807, 2.05) is 92.2 Å². The number of fused-ring (bicyclic) bond motifs is 1. The molecule has 2 atom stereocenters. The Morgan fingerprint density at radius 2 is 1.67 bits per heavy atom. The molecule has 0 fully saturated rings. The largest absolute Gasteiger partial charge is 0.349 e. The Morgan fingerprint density at radius 1 is 0.944 bits per heavy atom. The zero-order valence-corrected chi connectivity index (χ0v) is 21.0. The van der Waals surface area contributed by atoms with Crippen molar-refractivity contribution in [1.29, 1.82) is 0 Å². The molecular weight excluding hydrogens is 446 g/mol. The van der Waals surface area contributed by atoms with Gasteiger partial charge in [-0.05, 0) is 60.5 Å². The van der Waals surface area contributed by atoms with Gasteiger partial charge >= 0.3 is 0 Å². The highest BCUT2D eigenvalue weighted by molar-refractivity contribution is 5.98. The van der Waals surface area contributed by atoms with Gasteiger partial charge < -0.3 is 15.2 Å². The Balaban J connectivity index is 1.49. The molecule has 2 amide bonds. The number of carbonyl (C=O) groups is 2. The third kappa shape index (κ3) is 6.63. The molecule has 1 aromatic heterocycles. The van der Waals surface area contributed by atoms with E-state index in [1.54, 1.807) is 0 Å². The van der Waals surface area contributed by atoms with Crippen LogP contribution in [0.3, 0.4) is 0 Å². The zero-order chi connectivity index (χ0) is 25.3. The predicted molar refractivity (Wildman–Crippen MR) is 147 cm³/mol. The van der Waals surface area contributed by atoms with E-state index in [2.05, 4.69) is 34.4 Å². The lowest BCUT2D eigenvalue weighted by Crippen LogP contribution is -2.40. The van der Waals surface area contributed by atoms with Gasteiger partial charge in [0.15, 0.2) is 0 Å². The number of amides is 2. The molecule has 0 saturated carbocycles. The predicted octanol–water partition coefficient (Wildman–Crippen LogP) is 6.26.